The fourth-order valence-electron chi connectivity index (χ4n) is 2.06. The maximum Gasteiger partial charge on any atom is 0.186 e. The van der Waals surface area contributed by atoms with Gasteiger partial charge in [0.05, 0.1) is 11.7 Å². The van der Waals surface area contributed by atoms with Crippen molar-refractivity contribution in [3.8, 4) is 0 Å². The van der Waals surface area contributed by atoms with Gasteiger partial charge in [-0.3, -0.25) is 0 Å². The van der Waals surface area contributed by atoms with Gasteiger partial charge in [-0.05, 0) is 12.8 Å². The largest absolute Gasteiger partial charge is 0.396 e. The lowest BCUT2D eigenvalue weighted by Gasteiger charge is -2.30. The first-order valence-corrected chi connectivity index (χ1v) is 6.27. The van der Waals surface area contributed by atoms with Crippen molar-refractivity contribution in [2.45, 2.75) is 31.7 Å². The number of anilines is 1. The van der Waals surface area contributed by atoms with E-state index in [9.17, 15) is 5.11 Å². The van der Waals surface area contributed by atoms with E-state index in [-0.39, 0.29) is 12.6 Å². The Morgan fingerprint density at radius 2 is 2.20 bits per heavy atom. The second kappa shape index (κ2) is 5.09. The summed E-state index contributed by atoms with van der Waals surface area (Å²) in [5.74, 6) is 0.975. The number of aromatic nitrogens is 2. The van der Waals surface area contributed by atoms with Gasteiger partial charge in [0, 0.05) is 18.6 Å². The van der Waals surface area contributed by atoms with Crippen LogP contribution in [0.15, 0.2) is 0 Å². The predicted octanol–water partition coefficient (Wildman–Crippen LogP) is 2.15. The molecule has 0 aromatic carbocycles. The molecule has 0 aliphatic heterocycles. The van der Waals surface area contributed by atoms with E-state index in [0.29, 0.717) is 16.9 Å². The molecule has 1 saturated carbocycles. The third kappa shape index (κ3) is 2.59. The number of aliphatic hydroxyl groups excluding tert-OH is 1. The fourth-order valence-corrected chi connectivity index (χ4v) is 2.72. The normalized spacial score (nSPS) is 26.5. The maximum absolute atomic E-state index is 9.25. The van der Waals surface area contributed by atoms with Crippen molar-refractivity contribution in [2.75, 3.05) is 11.9 Å². The van der Waals surface area contributed by atoms with Crippen LogP contribution in [0, 0.1) is 5.92 Å². The predicted molar refractivity (Wildman–Crippen MR) is 61.4 cm³/mol. The minimum Gasteiger partial charge on any atom is -0.396 e. The van der Waals surface area contributed by atoms with Crippen molar-refractivity contribution in [3.05, 3.63) is 5.15 Å². The van der Waals surface area contributed by atoms with E-state index in [4.69, 9.17) is 11.6 Å². The zero-order valence-corrected chi connectivity index (χ0v) is 9.89. The Balaban J connectivity index is 2.00. The van der Waals surface area contributed by atoms with Gasteiger partial charge in [-0.1, -0.05) is 24.4 Å². The van der Waals surface area contributed by atoms with E-state index in [1.165, 1.54) is 12.8 Å². The molecule has 0 amide bonds. The monoisotopic (exact) mass is 247 g/mol. The van der Waals surface area contributed by atoms with E-state index in [2.05, 4.69) is 14.1 Å². The summed E-state index contributed by atoms with van der Waals surface area (Å²) >= 11 is 6.97. The fraction of sp³-hybridized carbons (Fsp3) is 0.778. The highest BCUT2D eigenvalue weighted by atomic mass is 35.5. The minimum atomic E-state index is 0.229. The summed E-state index contributed by atoms with van der Waals surface area (Å²) in [6.45, 7) is 0.229. The van der Waals surface area contributed by atoms with Crippen LogP contribution < -0.4 is 5.32 Å². The van der Waals surface area contributed by atoms with Crippen molar-refractivity contribution in [1.82, 2.24) is 8.75 Å². The van der Waals surface area contributed by atoms with Crippen LogP contribution in [0.25, 0.3) is 0 Å². The number of halogens is 1. The molecule has 15 heavy (non-hydrogen) atoms. The standard InChI is InChI=1S/C9H14ClN3OS/c10-8-9(13-15-12-8)11-7-4-2-1-3-6(7)5-14/h6-7,14H,1-5H2,(H,11,13). The summed E-state index contributed by atoms with van der Waals surface area (Å²) < 4.78 is 7.99. The number of aliphatic hydroxyl groups is 1. The first kappa shape index (κ1) is 11.1. The zero-order chi connectivity index (χ0) is 10.7. The molecule has 1 fully saturated rings. The van der Waals surface area contributed by atoms with Crippen molar-refractivity contribution in [3.63, 3.8) is 0 Å². The van der Waals surface area contributed by atoms with Gasteiger partial charge >= 0.3 is 0 Å². The molecule has 1 aliphatic carbocycles. The second-order valence-electron chi connectivity index (χ2n) is 3.88. The highest BCUT2D eigenvalue weighted by Gasteiger charge is 2.25. The number of hydrogen-bond donors (Lipinski definition) is 2. The van der Waals surface area contributed by atoms with Gasteiger partial charge in [0.15, 0.2) is 11.0 Å². The molecular formula is C9H14ClN3OS. The lowest BCUT2D eigenvalue weighted by Crippen LogP contribution is -2.34. The highest BCUT2D eigenvalue weighted by Crippen LogP contribution is 2.28. The summed E-state index contributed by atoms with van der Waals surface area (Å²) in [6.07, 6.45) is 4.54. The summed E-state index contributed by atoms with van der Waals surface area (Å²) in [4.78, 5) is 0. The zero-order valence-electron chi connectivity index (χ0n) is 8.32. The van der Waals surface area contributed by atoms with Crippen LogP contribution >= 0.6 is 23.3 Å². The van der Waals surface area contributed by atoms with E-state index in [0.717, 1.165) is 24.6 Å². The molecule has 0 spiro atoms. The molecule has 1 aliphatic rings. The SMILES string of the molecule is OCC1CCCCC1Nc1nsnc1Cl. The smallest absolute Gasteiger partial charge is 0.186 e. The number of nitrogens with zero attached hydrogens (tertiary/aromatic N) is 2. The third-order valence-corrected chi connectivity index (χ3v) is 3.81. The Labute approximate surface area is 98.0 Å². The molecule has 1 aromatic heterocycles. The van der Waals surface area contributed by atoms with Crippen LogP contribution in [0.5, 0.6) is 0 Å². The van der Waals surface area contributed by atoms with E-state index >= 15 is 0 Å². The second-order valence-corrected chi connectivity index (χ2v) is 4.77. The quantitative estimate of drug-likeness (QED) is 0.860. The summed E-state index contributed by atoms with van der Waals surface area (Å²) in [5, 5.41) is 13.0. The van der Waals surface area contributed by atoms with Crippen molar-refractivity contribution >= 4 is 29.1 Å². The molecule has 0 saturated heterocycles. The van der Waals surface area contributed by atoms with Crippen molar-refractivity contribution in [2.24, 2.45) is 5.92 Å². The van der Waals surface area contributed by atoms with Crippen molar-refractivity contribution in [1.29, 1.82) is 0 Å². The van der Waals surface area contributed by atoms with Gasteiger partial charge in [0.25, 0.3) is 0 Å². The van der Waals surface area contributed by atoms with E-state index < -0.39 is 0 Å². The van der Waals surface area contributed by atoms with Crippen LogP contribution in [-0.4, -0.2) is 26.5 Å². The van der Waals surface area contributed by atoms with Gasteiger partial charge in [-0.2, -0.15) is 8.75 Å². The van der Waals surface area contributed by atoms with Crippen LogP contribution in [0.3, 0.4) is 0 Å². The molecule has 4 nitrogen and oxygen atoms in total. The average Bonchev–Trinajstić information content (AvgIpc) is 2.65. The number of rotatable bonds is 3. The number of nitrogens with one attached hydrogen (secondary N) is 1. The van der Waals surface area contributed by atoms with Crippen LogP contribution in [-0.2, 0) is 0 Å². The van der Waals surface area contributed by atoms with Gasteiger partial charge in [-0.25, -0.2) is 0 Å². The number of hydrogen-bond acceptors (Lipinski definition) is 5. The van der Waals surface area contributed by atoms with Gasteiger partial charge in [0.2, 0.25) is 0 Å². The van der Waals surface area contributed by atoms with Crippen molar-refractivity contribution < 1.29 is 5.11 Å². The molecule has 6 heteroatoms. The molecule has 2 atom stereocenters. The van der Waals surface area contributed by atoms with Gasteiger partial charge < -0.3 is 10.4 Å². The topological polar surface area (TPSA) is 58.0 Å². The van der Waals surface area contributed by atoms with E-state index in [1.54, 1.807) is 0 Å². The van der Waals surface area contributed by atoms with E-state index in [1.807, 2.05) is 0 Å². The summed E-state index contributed by atoms with van der Waals surface area (Å²) in [7, 11) is 0. The van der Waals surface area contributed by atoms with Gasteiger partial charge in [0.1, 0.15) is 0 Å². The van der Waals surface area contributed by atoms with Gasteiger partial charge in [-0.15, -0.1) is 0 Å². The summed E-state index contributed by atoms with van der Waals surface area (Å²) in [6, 6.07) is 0.283. The molecular weight excluding hydrogens is 234 g/mol. The molecule has 0 radical (unpaired) electrons. The Kier molecular flexibility index (Phi) is 3.77. The molecule has 84 valence electrons. The molecule has 2 rings (SSSR count). The minimum absolute atomic E-state index is 0.229. The van der Waals surface area contributed by atoms with Crippen LogP contribution in [0.4, 0.5) is 5.82 Å². The first-order chi connectivity index (χ1) is 7.31. The Hall–Kier alpha value is -0.390. The summed E-state index contributed by atoms with van der Waals surface area (Å²) in [5.41, 5.74) is 0. The lowest BCUT2D eigenvalue weighted by atomic mass is 9.85. The lowest BCUT2D eigenvalue weighted by molar-refractivity contribution is 0.178. The van der Waals surface area contributed by atoms with Crippen LogP contribution in [0.2, 0.25) is 5.15 Å². The molecule has 2 N–H and O–H groups in total. The molecule has 1 heterocycles. The first-order valence-electron chi connectivity index (χ1n) is 5.16. The Morgan fingerprint density at radius 3 is 2.87 bits per heavy atom. The average molecular weight is 248 g/mol. The maximum atomic E-state index is 9.25. The molecule has 2 unspecified atom stereocenters. The molecule has 0 bridgehead atoms. The molecule has 1 aromatic rings. The van der Waals surface area contributed by atoms with Crippen LogP contribution in [0.1, 0.15) is 25.7 Å². The Bertz CT molecular complexity index is 320. The highest BCUT2D eigenvalue weighted by molar-refractivity contribution is 6.99. The Morgan fingerprint density at radius 1 is 1.40 bits per heavy atom. The third-order valence-electron chi connectivity index (χ3n) is 2.91.